The van der Waals surface area contributed by atoms with Gasteiger partial charge in [-0.3, -0.25) is 10.1 Å². The molecule has 0 radical (unpaired) electrons. The van der Waals surface area contributed by atoms with E-state index in [1.165, 1.54) is 11.3 Å². The van der Waals surface area contributed by atoms with E-state index >= 15 is 0 Å². The van der Waals surface area contributed by atoms with Crippen LogP contribution in [0.1, 0.15) is 39.8 Å². The number of rotatable bonds is 7. The molecular formula is C30H27N5O3S. The fraction of sp³-hybridized carbons (Fsp3) is 0.200. The van der Waals surface area contributed by atoms with Crippen molar-refractivity contribution in [3.05, 3.63) is 88.4 Å². The number of hydrogen-bond acceptors (Lipinski definition) is 8. The van der Waals surface area contributed by atoms with E-state index in [0.717, 1.165) is 38.6 Å². The summed E-state index contributed by atoms with van der Waals surface area (Å²) in [5.74, 6) is -1.07. The van der Waals surface area contributed by atoms with Gasteiger partial charge in [-0.25, -0.2) is 14.8 Å². The van der Waals surface area contributed by atoms with Crippen molar-refractivity contribution in [2.24, 2.45) is 0 Å². The summed E-state index contributed by atoms with van der Waals surface area (Å²) in [6.07, 6.45) is -0.671. The molecule has 1 atom stereocenters. The van der Waals surface area contributed by atoms with E-state index in [1.807, 2.05) is 62.4 Å². The third-order valence-corrected chi connectivity index (χ3v) is 6.97. The molecule has 196 valence electrons. The normalized spacial score (nSPS) is 11.8. The van der Waals surface area contributed by atoms with Crippen molar-refractivity contribution in [1.82, 2.24) is 20.2 Å². The number of fused-ring (bicyclic) bond motifs is 1. The van der Waals surface area contributed by atoms with Gasteiger partial charge in [-0.05, 0) is 45.4 Å². The maximum Gasteiger partial charge on any atom is 0.338 e. The first-order valence-electron chi connectivity index (χ1n) is 12.6. The molecule has 1 amide bonds. The Hall–Kier alpha value is -4.50. The molecule has 0 bridgehead atoms. The fourth-order valence-corrected chi connectivity index (χ4v) is 4.65. The first kappa shape index (κ1) is 26.1. The number of aromatic nitrogens is 4. The number of nitrogens with zero attached hydrogens (tertiary/aromatic N) is 4. The van der Waals surface area contributed by atoms with Crippen molar-refractivity contribution < 1.29 is 14.3 Å². The summed E-state index contributed by atoms with van der Waals surface area (Å²) in [5.41, 5.74) is 7.14. The maximum absolute atomic E-state index is 13.1. The van der Waals surface area contributed by atoms with E-state index < -0.39 is 18.0 Å². The van der Waals surface area contributed by atoms with Gasteiger partial charge in [0.2, 0.25) is 5.13 Å². The number of nitrogens with one attached hydrogen (secondary N) is 1. The van der Waals surface area contributed by atoms with Gasteiger partial charge >= 0.3 is 5.97 Å². The summed E-state index contributed by atoms with van der Waals surface area (Å²) in [7, 11) is 0. The zero-order chi connectivity index (χ0) is 27.5. The van der Waals surface area contributed by atoms with Gasteiger partial charge in [-0.15, -0.1) is 10.2 Å². The van der Waals surface area contributed by atoms with Gasteiger partial charge in [0.25, 0.3) is 5.91 Å². The second-order valence-corrected chi connectivity index (χ2v) is 10.5. The highest BCUT2D eigenvalue weighted by Gasteiger charge is 2.24. The highest BCUT2D eigenvalue weighted by molar-refractivity contribution is 7.15. The molecule has 0 saturated carbocycles. The van der Waals surface area contributed by atoms with E-state index in [9.17, 15) is 9.59 Å². The van der Waals surface area contributed by atoms with Gasteiger partial charge in [0.15, 0.2) is 6.10 Å². The Morgan fingerprint density at radius 3 is 1.95 bits per heavy atom. The van der Waals surface area contributed by atoms with Crippen LogP contribution in [0.4, 0.5) is 5.13 Å². The van der Waals surface area contributed by atoms with Gasteiger partial charge in [0.1, 0.15) is 5.01 Å². The van der Waals surface area contributed by atoms with E-state index in [0.29, 0.717) is 22.6 Å². The molecule has 0 spiro atoms. The third-order valence-electron chi connectivity index (χ3n) is 6.22. The number of ether oxygens (including phenoxy) is 1. The first-order chi connectivity index (χ1) is 18.8. The number of benzene rings is 3. The fourth-order valence-electron chi connectivity index (χ4n) is 4.06. The highest BCUT2D eigenvalue weighted by atomic mass is 32.1. The summed E-state index contributed by atoms with van der Waals surface area (Å²) in [6, 6.07) is 21.3. The molecule has 0 aliphatic carbocycles. The minimum absolute atomic E-state index is 0.285. The Labute approximate surface area is 230 Å². The third kappa shape index (κ3) is 5.83. The van der Waals surface area contributed by atoms with Crippen LogP contribution < -0.4 is 5.32 Å². The molecule has 5 rings (SSSR count). The Morgan fingerprint density at radius 2 is 1.41 bits per heavy atom. The van der Waals surface area contributed by atoms with Gasteiger partial charge in [-0.2, -0.15) is 0 Å². The molecule has 2 aromatic heterocycles. The highest BCUT2D eigenvalue weighted by Crippen LogP contribution is 2.32. The molecule has 0 aliphatic heterocycles. The van der Waals surface area contributed by atoms with Crippen molar-refractivity contribution in [3.63, 3.8) is 0 Å². The minimum Gasteiger partial charge on any atom is -0.449 e. The maximum atomic E-state index is 13.1. The molecule has 3 aromatic carbocycles. The molecule has 0 saturated heterocycles. The van der Waals surface area contributed by atoms with Crippen LogP contribution in [0, 0.1) is 20.8 Å². The Kier molecular flexibility index (Phi) is 7.42. The number of carbonyl (C=O) groups excluding carboxylic acids is 2. The average Bonchev–Trinajstić information content (AvgIpc) is 3.35. The quantitative estimate of drug-likeness (QED) is 0.242. The lowest BCUT2D eigenvalue weighted by molar-refractivity contribution is -0.124. The number of esters is 1. The zero-order valence-corrected chi connectivity index (χ0v) is 22.9. The summed E-state index contributed by atoms with van der Waals surface area (Å²) in [6.45, 7) is 7.64. The standard InChI is InChI=1S/C30H27N5O3S/c1-5-25(28(36)33-30-35-34-19(4)39-30)38-29(37)22-14-15-23-24(16-22)32-27(21-12-8-18(3)9-13-21)26(31-23)20-10-6-17(2)7-11-20/h6-16,25H,5H2,1-4H3,(H,33,35,36). The van der Waals surface area contributed by atoms with Crippen LogP contribution in [0.5, 0.6) is 0 Å². The lowest BCUT2D eigenvalue weighted by atomic mass is 10.0. The lowest BCUT2D eigenvalue weighted by Crippen LogP contribution is -2.32. The predicted octanol–water partition coefficient (Wildman–Crippen LogP) is 6.31. The first-order valence-corrected chi connectivity index (χ1v) is 13.4. The van der Waals surface area contributed by atoms with Crippen LogP contribution >= 0.6 is 11.3 Å². The number of carbonyl (C=O) groups is 2. The molecular weight excluding hydrogens is 510 g/mol. The van der Waals surface area contributed by atoms with Gasteiger partial charge in [-0.1, -0.05) is 77.9 Å². The van der Waals surface area contributed by atoms with Crippen LogP contribution in [-0.2, 0) is 9.53 Å². The monoisotopic (exact) mass is 537 g/mol. The Morgan fingerprint density at radius 1 is 0.821 bits per heavy atom. The van der Waals surface area contributed by atoms with Crippen LogP contribution in [-0.4, -0.2) is 38.1 Å². The molecule has 8 nitrogen and oxygen atoms in total. The molecule has 0 aliphatic rings. The van der Waals surface area contributed by atoms with Crippen LogP contribution in [0.25, 0.3) is 33.5 Å². The van der Waals surface area contributed by atoms with E-state index in [2.05, 4.69) is 15.5 Å². The summed E-state index contributed by atoms with van der Waals surface area (Å²) in [5, 5.41) is 11.5. The zero-order valence-electron chi connectivity index (χ0n) is 22.1. The number of anilines is 1. The van der Waals surface area contributed by atoms with Gasteiger partial charge in [0, 0.05) is 11.1 Å². The Balaban J connectivity index is 1.47. The Bertz CT molecular complexity index is 1660. The summed E-state index contributed by atoms with van der Waals surface area (Å²) < 4.78 is 5.57. The van der Waals surface area contributed by atoms with Crippen LogP contribution in [0.15, 0.2) is 66.7 Å². The molecule has 2 heterocycles. The molecule has 39 heavy (non-hydrogen) atoms. The number of amides is 1. The molecule has 1 unspecified atom stereocenters. The van der Waals surface area contributed by atoms with E-state index in [1.54, 1.807) is 32.0 Å². The number of aryl methyl sites for hydroxylation is 3. The van der Waals surface area contributed by atoms with Crippen molar-refractivity contribution in [2.45, 2.75) is 40.2 Å². The van der Waals surface area contributed by atoms with Gasteiger partial charge in [0.05, 0.1) is 28.0 Å². The minimum atomic E-state index is -0.976. The molecule has 0 fully saturated rings. The van der Waals surface area contributed by atoms with Crippen molar-refractivity contribution in [3.8, 4) is 22.5 Å². The molecule has 1 N–H and O–H groups in total. The van der Waals surface area contributed by atoms with E-state index in [-0.39, 0.29) is 5.56 Å². The average molecular weight is 538 g/mol. The van der Waals surface area contributed by atoms with Crippen molar-refractivity contribution in [2.75, 3.05) is 5.32 Å². The molecule has 9 heteroatoms. The number of hydrogen-bond donors (Lipinski definition) is 1. The van der Waals surface area contributed by atoms with Crippen LogP contribution in [0.2, 0.25) is 0 Å². The van der Waals surface area contributed by atoms with E-state index in [4.69, 9.17) is 14.7 Å². The smallest absolute Gasteiger partial charge is 0.338 e. The topological polar surface area (TPSA) is 107 Å². The lowest BCUT2D eigenvalue weighted by Gasteiger charge is -2.15. The summed E-state index contributed by atoms with van der Waals surface area (Å²) in [4.78, 5) is 35.6. The van der Waals surface area contributed by atoms with Crippen molar-refractivity contribution in [1.29, 1.82) is 0 Å². The second-order valence-electron chi connectivity index (χ2n) is 9.27. The van der Waals surface area contributed by atoms with Gasteiger partial charge < -0.3 is 4.74 Å². The van der Waals surface area contributed by atoms with Crippen molar-refractivity contribution >= 4 is 39.4 Å². The SMILES string of the molecule is CCC(OC(=O)c1ccc2nc(-c3ccc(C)cc3)c(-c3ccc(C)cc3)nc2c1)C(=O)Nc1nnc(C)s1. The summed E-state index contributed by atoms with van der Waals surface area (Å²) >= 11 is 1.25. The molecule has 5 aromatic rings. The predicted molar refractivity (Wildman–Crippen MR) is 153 cm³/mol. The largest absolute Gasteiger partial charge is 0.449 e. The van der Waals surface area contributed by atoms with Crippen LogP contribution in [0.3, 0.4) is 0 Å². The second kappa shape index (κ2) is 11.1.